The monoisotopic (exact) mass is 362 g/mol. The minimum Gasteiger partial charge on any atom is -0.497 e. The van der Waals surface area contributed by atoms with Gasteiger partial charge in [0.2, 0.25) is 11.8 Å². The number of ether oxygens (including phenoxy) is 1. The largest absolute Gasteiger partial charge is 0.497 e. The summed E-state index contributed by atoms with van der Waals surface area (Å²) >= 11 is 1.44. The van der Waals surface area contributed by atoms with Crippen molar-refractivity contribution < 1.29 is 14.3 Å². The summed E-state index contributed by atoms with van der Waals surface area (Å²) in [5.41, 5.74) is 1.56. The summed E-state index contributed by atoms with van der Waals surface area (Å²) in [7, 11) is 3.28. The number of carbonyl (C=O) groups excluding carboxylic acids is 2. The summed E-state index contributed by atoms with van der Waals surface area (Å²) in [5, 5.41) is 6.11. The predicted molar refractivity (Wildman–Crippen MR) is 99.3 cm³/mol. The van der Waals surface area contributed by atoms with E-state index in [2.05, 4.69) is 15.6 Å². The molecule has 0 unspecified atom stereocenters. The Balaban J connectivity index is 1.81. The van der Waals surface area contributed by atoms with Crippen LogP contribution >= 0.6 is 11.3 Å². The zero-order valence-electron chi connectivity index (χ0n) is 14.8. The van der Waals surface area contributed by atoms with Crippen molar-refractivity contribution in [1.82, 2.24) is 9.88 Å². The molecule has 0 atom stereocenters. The van der Waals surface area contributed by atoms with E-state index in [1.807, 2.05) is 13.8 Å². The Bertz CT molecular complexity index is 741. The van der Waals surface area contributed by atoms with E-state index in [9.17, 15) is 9.59 Å². The molecule has 0 bridgehead atoms. The highest BCUT2D eigenvalue weighted by atomic mass is 32.1. The van der Waals surface area contributed by atoms with E-state index in [0.717, 1.165) is 10.6 Å². The molecule has 134 valence electrons. The van der Waals surface area contributed by atoms with Crippen LogP contribution in [0.2, 0.25) is 0 Å². The van der Waals surface area contributed by atoms with Crippen molar-refractivity contribution in [2.45, 2.75) is 13.8 Å². The molecule has 2 aromatic rings. The van der Waals surface area contributed by atoms with Crippen LogP contribution in [0.15, 0.2) is 24.3 Å². The number of carbonyl (C=O) groups is 2. The Hall–Kier alpha value is -2.45. The van der Waals surface area contributed by atoms with Gasteiger partial charge in [0.05, 0.1) is 25.9 Å². The Morgan fingerprint density at radius 1 is 1.20 bits per heavy atom. The average molecular weight is 362 g/mol. The van der Waals surface area contributed by atoms with Gasteiger partial charge in [-0.25, -0.2) is 4.98 Å². The number of aryl methyl sites for hydroxylation is 2. The van der Waals surface area contributed by atoms with Crippen LogP contribution in [0, 0.1) is 13.8 Å². The number of hydrogen-bond acceptors (Lipinski definition) is 6. The number of rotatable bonds is 7. The van der Waals surface area contributed by atoms with Gasteiger partial charge in [-0.15, -0.1) is 11.3 Å². The van der Waals surface area contributed by atoms with Crippen molar-refractivity contribution in [2.24, 2.45) is 0 Å². The molecule has 1 aromatic heterocycles. The summed E-state index contributed by atoms with van der Waals surface area (Å²) in [6.07, 6.45) is 0. The maximum Gasteiger partial charge on any atom is 0.240 e. The number of amides is 2. The Labute approximate surface area is 151 Å². The number of benzene rings is 1. The summed E-state index contributed by atoms with van der Waals surface area (Å²) < 4.78 is 5.12. The lowest BCUT2D eigenvalue weighted by Gasteiger charge is -2.15. The van der Waals surface area contributed by atoms with Gasteiger partial charge in [-0.05, 0) is 33.0 Å². The van der Waals surface area contributed by atoms with E-state index in [1.165, 1.54) is 11.3 Å². The van der Waals surface area contributed by atoms with Crippen molar-refractivity contribution in [2.75, 3.05) is 37.9 Å². The molecule has 0 spiro atoms. The molecule has 0 fully saturated rings. The molecule has 2 amide bonds. The molecule has 0 aliphatic heterocycles. The van der Waals surface area contributed by atoms with Crippen LogP contribution in [0.3, 0.4) is 0 Å². The molecule has 0 aliphatic carbocycles. The summed E-state index contributed by atoms with van der Waals surface area (Å²) in [5.74, 6) is 0.259. The molecule has 8 heteroatoms. The average Bonchev–Trinajstić information content (AvgIpc) is 2.84. The topological polar surface area (TPSA) is 83.6 Å². The van der Waals surface area contributed by atoms with E-state index in [0.29, 0.717) is 16.6 Å². The van der Waals surface area contributed by atoms with Crippen molar-refractivity contribution in [3.63, 3.8) is 0 Å². The third-order valence-corrected chi connectivity index (χ3v) is 4.44. The highest BCUT2D eigenvalue weighted by Gasteiger charge is 2.13. The number of aromatic nitrogens is 1. The number of nitrogens with zero attached hydrogens (tertiary/aromatic N) is 2. The van der Waals surface area contributed by atoms with Crippen LogP contribution in [-0.2, 0) is 9.59 Å². The maximum atomic E-state index is 12.1. The first-order chi connectivity index (χ1) is 11.9. The van der Waals surface area contributed by atoms with Gasteiger partial charge < -0.3 is 15.4 Å². The highest BCUT2D eigenvalue weighted by Crippen LogP contribution is 2.21. The Morgan fingerprint density at radius 2 is 1.88 bits per heavy atom. The van der Waals surface area contributed by atoms with E-state index in [-0.39, 0.29) is 24.9 Å². The van der Waals surface area contributed by atoms with Crippen LogP contribution < -0.4 is 15.4 Å². The lowest BCUT2D eigenvalue weighted by Crippen LogP contribution is -2.36. The van der Waals surface area contributed by atoms with Crippen molar-refractivity contribution in [3.05, 3.63) is 34.8 Å². The summed E-state index contributed by atoms with van der Waals surface area (Å²) in [4.78, 5) is 31.1. The highest BCUT2D eigenvalue weighted by molar-refractivity contribution is 7.15. The number of methoxy groups -OCH3 is 1. The Morgan fingerprint density at radius 3 is 2.48 bits per heavy atom. The smallest absolute Gasteiger partial charge is 0.240 e. The zero-order valence-corrected chi connectivity index (χ0v) is 15.6. The molecule has 25 heavy (non-hydrogen) atoms. The minimum absolute atomic E-state index is 0.0978. The lowest BCUT2D eigenvalue weighted by atomic mass is 10.3. The van der Waals surface area contributed by atoms with Gasteiger partial charge in [0, 0.05) is 16.6 Å². The van der Waals surface area contributed by atoms with Crippen molar-refractivity contribution in [3.8, 4) is 5.75 Å². The minimum atomic E-state index is -0.204. The lowest BCUT2D eigenvalue weighted by molar-refractivity contribution is -0.119. The second-order valence-electron chi connectivity index (χ2n) is 5.66. The van der Waals surface area contributed by atoms with Gasteiger partial charge in [0.25, 0.3) is 0 Å². The molecule has 0 saturated heterocycles. The number of anilines is 2. The predicted octanol–water partition coefficient (Wildman–Crippen LogP) is 2.28. The van der Waals surface area contributed by atoms with Gasteiger partial charge in [-0.2, -0.15) is 0 Å². The van der Waals surface area contributed by atoms with E-state index >= 15 is 0 Å². The van der Waals surface area contributed by atoms with E-state index in [4.69, 9.17) is 4.74 Å². The molecule has 0 saturated carbocycles. The SMILES string of the molecule is COc1cccc(NC(=O)CN(C)CC(=O)Nc2nc(C)c(C)s2)c1. The van der Waals surface area contributed by atoms with Gasteiger partial charge >= 0.3 is 0 Å². The molecule has 7 nitrogen and oxygen atoms in total. The second-order valence-corrected chi connectivity index (χ2v) is 6.86. The number of nitrogens with one attached hydrogen (secondary N) is 2. The van der Waals surface area contributed by atoms with Crippen LogP contribution in [0.4, 0.5) is 10.8 Å². The standard InChI is InChI=1S/C17H22N4O3S/c1-11-12(2)25-17(18-11)20-16(23)10-21(3)9-15(22)19-13-6-5-7-14(8-13)24-4/h5-8H,9-10H2,1-4H3,(H,19,22)(H,18,20,23). The molecule has 1 aromatic carbocycles. The molecule has 0 radical (unpaired) electrons. The molecular weight excluding hydrogens is 340 g/mol. The second kappa shape index (κ2) is 8.59. The molecule has 2 rings (SSSR count). The molecule has 2 N–H and O–H groups in total. The fraction of sp³-hybridized carbons (Fsp3) is 0.353. The quantitative estimate of drug-likeness (QED) is 0.789. The van der Waals surface area contributed by atoms with Crippen LogP contribution in [0.5, 0.6) is 5.75 Å². The van der Waals surface area contributed by atoms with E-state index in [1.54, 1.807) is 43.3 Å². The zero-order chi connectivity index (χ0) is 18.4. The summed E-state index contributed by atoms with van der Waals surface area (Å²) in [6.45, 7) is 4.05. The third-order valence-electron chi connectivity index (χ3n) is 3.46. The van der Waals surface area contributed by atoms with Crippen molar-refractivity contribution in [1.29, 1.82) is 0 Å². The molecule has 1 heterocycles. The van der Waals surface area contributed by atoms with Gasteiger partial charge in [0.1, 0.15) is 5.75 Å². The summed E-state index contributed by atoms with van der Waals surface area (Å²) in [6, 6.07) is 7.11. The van der Waals surface area contributed by atoms with Crippen LogP contribution in [-0.4, -0.2) is 48.9 Å². The third kappa shape index (κ3) is 5.84. The molecular formula is C17H22N4O3S. The first-order valence-electron chi connectivity index (χ1n) is 7.73. The maximum absolute atomic E-state index is 12.1. The van der Waals surface area contributed by atoms with Crippen LogP contribution in [0.25, 0.3) is 0 Å². The number of thiazole rings is 1. The fourth-order valence-corrected chi connectivity index (χ4v) is 2.96. The van der Waals surface area contributed by atoms with Crippen LogP contribution in [0.1, 0.15) is 10.6 Å². The van der Waals surface area contributed by atoms with Gasteiger partial charge in [0.15, 0.2) is 5.13 Å². The number of hydrogen-bond donors (Lipinski definition) is 2. The Kier molecular flexibility index (Phi) is 6.49. The molecule has 0 aliphatic rings. The fourth-order valence-electron chi connectivity index (χ4n) is 2.13. The number of likely N-dealkylation sites (N-methyl/N-ethyl adjacent to an activating group) is 1. The first-order valence-corrected chi connectivity index (χ1v) is 8.55. The first kappa shape index (κ1) is 18.9. The van der Waals surface area contributed by atoms with Crippen molar-refractivity contribution >= 4 is 34.0 Å². The normalized spacial score (nSPS) is 10.6. The van der Waals surface area contributed by atoms with E-state index < -0.39 is 0 Å². The van der Waals surface area contributed by atoms with Gasteiger partial charge in [-0.1, -0.05) is 6.07 Å². The van der Waals surface area contributed by atoms with Gasteiger partial charge in [-0.3, -0.25) is 14.5 Å².